The number of sulfone groups is 1. The summed E-state index contributed by atoms with van der Waals surface area (Å²) >= 11 is 0. The van der Waals surface area contributed by atoms with Crippen LogP contribution in [0.3, 0.4) is 0 Å². The third kappa shape index (κ3) is 4.51. The highest BCUT2D eigenvalue weighted by molar-refractivity contribution is 7.91. The van der Waals surface area contributed by atoms with Gasteiger partial charge in [0.05, 0.1) is 31.4 Å². The Hall–Kier alpha value is -1.96. The molecule has 1 heterocycles. The van der Waals surface area contributed by atoms with Crippen molar-refractivity contribution < 1.29 is 22.7 Å². The Balaban J connectivity index is 1.98. The van der Waals surface area contributed by atoms with Gasteiger partial charge < -0.3 is 20.1 Å². The van der Waals surface area contributed by atoms with E-state index < -0.39 is 15.9 Å². The average Bonchev–Trinajstić information content (AvgIpc) is 2.86. The van der Waals surface area contributed by atoms with Crippen LogP contribution in [0.15, 0.2) is 18.2 Å². The Morgan fingerprint density at radius 1 is 1.30 bits per heavy atom. The van der Waals surface area contributed by atoms with Crippen LogP contribution in [0.4, 0.5) is 5.69 Å². The van der Waals surface area contributed by atoms with E-state index in [1.165, 1.54) is 7.11 Å². The van der Waals surface area contributed by atoms with E-state index in [-0.39, 0.29) is 23.5 Å². The third-order valence-electron chi connectivity index (χ3n) is 3.75. The maximum absolute atomic E-state index is 12.2. The lowest BCUT2D eigenvalue weighted by Gasteiger charge is -2.19. The summed E-state index contributed by atoms with van der Waals surface area (Å²) in [6, 6.07) is 4.41. The van der Waals surface area contributed by atoms with Crippen LogP contribution >= 0.6 is 0 Å². The Labute approximate surface area is 136 Å². The molecule has 1 amide bonds. The zero-order chi connectivity index (χ0) is 17.0. The topological polar surface area (TPSA) is 93.7 Å². The zero-order valence-electron chi connectivity index (χ0n) is 13.5. The molecule has 0 aliphatic carbocycles. The first-order valence-electron chi connectivity index (χ1n) is 7.34. The molecule has 2 rings (SSSR count). The predicted molar refractivity (Wildman–Crippen MR) is 87.8 cm³/mol. The summed E-state index contributed by atoms with van der Waals surface area (Å²) in [5.74, 6) is 1.11. The van der Waals surface area contributed by atoms with Crippen LogP contribution in [0.5, 0.6) is 11.5 Å². The van der Waals surface area contributed by atoms with Gasteiger partial charge in [-0.3, -0.25) is 4.79 Å². The first-order valence-corrected chi connectivity index (χ1v) is 9.16. The summed E-state index contributed by atoms with van der Waals surface area (Å²) in [6.07, 6.45) is 0.465. The molecule has 0 spiro atoms. The van der Waals surface area contributed by atoms with E-state index >= 15 is 0 Å². The van der Waals surface area contributed by atoms with Crippen molar-refractivity contribution in [3.05, 3.63) is 18.2 Å². The molecule has 1 aromatic rings. The van der Waals surface area contributed by atoms with Crippen molar-refractivity contribution in [3.63, 3.8) is 0 Å². The molecule has 1 fully saturated rings. The predicted octanol–water partition coefficient (Wildman–Crippen LogP) is 0.808. The fourth-order valence-electron chi connectivity index (χ4n) is 2.45. The van der Waals surface area contributed by atoms with Crippen LogP contribution in [0, 0.1) is 0 Å². The molecule has 0 radical (unpaired) electrons. The number of methoxy groups -OCH3 is 2. The van der Waals surface area contributed by atoms with Gasteiger partial charge in [0.25, 0.3) is 0 Å². The fourth-order valence-corrected chi connectivity index (χ4v) is 4.12. The summed E-state index contributed by atoms with van der Waals surface area (Å²) < 4.78 is 33.3. The Kier molecular flexibility index (Phi) is 5.35. The molecule has 2 atom stereocenters. The fraction of sp³-hybridized carbons (Fsp3) is 0.533. The van der Waals surface area contributed by atoms with Crippen LogP contribution in [-0.4, -0.2) is 52.1 Å². The Morgan fingerprint density at radius 2 is 2.04 bits per heavy atom. The molecular formula is C15H22N2O5S. The summed E-state index contributed by atoms with van der Waals surface area (Å²) in [6.45, 7) is 1.71. The second kappa shape index (κ2) is 7.08. The van der Waals surface area contributed by atoms with Crippen molar-refractivity contribution in [1.29, 1.82) is 0 Å². The number of ether oxygens (including phenoxy) is 2. The van der Waals surface area contributed by atoms with Crippen molar-refractivity contribution >= 4 is 21.4 Å². The number of benzene rings is 1. The average molecular weight is 342 g/mol. The van der Waals surface area contributed by atoms with Crippen LogP contribution in [0.1, 0.15) is 13.3 Å². The van der Waals surface area contributed by atoms with Gasteiger partial charge in [-0.1, -0.05) is 0 Å². The van der Waals surface area contributed by atoms with Crippen LogP contribution in [0.25, 0.3) is 0 Å². The number of hydrogen-bond acceptors (Lipinski definition) is 6. The molecule has 128 valence electrons. The lowest BCUT2D eigenvalue weighted by molar-refractivity contribution is -0.122. The highest BCUT2D eigenvalue weighted by Crippen LogP contribution is 2.29. The minimum absolute atomic E-state index is 0.0112. The molecule has 23 heavy (non-hydrogen) atoms. The van der Waals surface area contributed by atoms with Crippen molar-refractivity contribution in [2.75, 3.05) is 31.0 Å². The van der Waals surface area contributed by atoms with Gasteiger partial charge in [-0.15, -0.1) is 0 Å². The van der Waals surface area contributed by atoms with Gasteiger partial charge in [-0.25, -0.2) is 8.42 Å². The lowest BCUT2D eigenvalue weighted by Crippen LogP contribution is -2.43. The first-order chi connectivity index (χ1) is 10.8. The standard InChI is InChI=1S/C15H22N2O5S/c1-10(15(18)17-11-6-7-23(19,20)9-11)16-13-5-4-12(21-2)8-14(13)22-3/h4-5,8,10-11,16H,6-7,9H2,1-3H3,(H,17,18)/t10-,11+/m0/s1. The second-order valence-corrected chi connectivity index (χ2v) is 7.77. The van der Waals surface area contributed by atoms with Gasteiger partial charge >= 0.3 is 0 Å². The second-order valence-electron chi connectivity index (χ2n) is 5.54. The minimum atomic E-state index is -3.01. The minimum Gasteiger partial charge on any atom is -0.497 e. The monoisotopic (exact) mass is 342 g/mol. The molecule has 1 aliphatic heterocycles. The maximum Gasteiger partial charge on any atom is 0.242 e. The molecule has 7 nitrogen and oxygen atoms in total. The lowest BCUT2D eigenvalue weighted by atomic mass is 10.2. The normalized spacial score (nSPS) is 20.6. The molecule has 0 unspecified atom stereocenters. The number of carbonyl (C=O) groups excluding carboxylic acids is 1. The van der Waals surface area contributed by atoms with Gasteiger partial charge in [0.1, 0.15) is 17.5 Å². The molecule has 0 aromatic heterocycles. The first kappa shape index (κ1) is 17.4. The number of nitrogens with one attached hydrogen (secondary N) is 2. The molecular weight excluding hydrogens is 320 g/mol. The Bertz CT molecular complexity index is 674. The van der Waals surface area contributed by atoms with E-state index in [9.17, 15) is 13.2 Å². The molecule has 8 heteroatoms. The highest BCUT2D eigenvalue weighted by atomic mass is 32.2. The maximum atomic E-state index is 12.2. The van der Waals surface area contributed by atoms with E-state index in [2.05, 4.69) is 10.6 Å². The zero-order valence-corrected chi connectivity index (χ0v) is 14.3. The van der Waals surface area contributed by atoms with Gasteiger partial charge in [0.2, 0.25) is 5.91 Å². The largest absolute Gasteiger partial charge is 0.497 e. The molecule has 1 aliphatic rings. The Morgan fingerprint density at radius 3 is 2.61 bits per heavy atom. The van der Waals surface area contributed by atoms with Crippen LogP contribution in [0.2, 0.25) is 0 Å². The molecule has 1 saturated heterocycles. The van der Waals surface area contributed by atoms with Crippen LogP contribution < -0.4 is 20.1 Å². The van der Waals surface area contributed by atoms with Crippen molar-refractivity contribution in [3.8, 4) is 11.5 Å². The molecule has 0 saturated carbocycles. The highest BCUT2D eigenvalue weighted by Gasteiger charge is 2.30. The molecule has 0 bridgehead atoms. The number of anilines is 1. The smallest absolute Gasteiger partial charge is 0.242 e. The van der Waals surface area contributed by atoms with Gasteiger partial charge in [-0.2, -0.15) is 0 Å². The number of carbonyl (C=O) groups is 1. The van der Waals surface area contributed by atoms with E-state index in [0.29, 0.717) is 23.6 Å². The summed E-state index contributed by atoms with van der Waals surface area (Å²) in [5, 5.41) is 5.83. The molecule has 2 N–H and O–H groups in total. The number of amides is 1. The SMILES string of the molecule is COc1ccc(N[C@@H](C)C(=O)N[C@@H]2CCS(=O)(=O)C2)c(OC)c1. The van der Waals surface area contributed by atoms with Crippen molar-refractivity contribution in [2.45, 2.75) is 25.4 Å². The van der Waals surface area contributed by atoms with E-state index in [4.69, 9.17) is 9.47 Å². The van der Waals surface area contributed by atoms with Crippen molar-refractivity contribution in [1.82, 2.24) is 5.32 Å². The van der Waals surface area contributed by atoms with E-state index in [1.54, 1.807) is 32.2 Å². The molecule has 1 aromatic carbocycles. The summed E-state index contributed by atoms with van der Waals surface area (Å²) in [7, 11) is 0.0858. The van der Waals surface area contributed by atoms with Crippen molar-refractivity contribution in [2.24, 2.45) is 0 Å². The van der Waals surface area contributed by atoms with Gasteiger partial charge in [0.15, 0.2) is 9.84 Å². The number of rotatable bonds is 6. The quantitative estimate of drug-likeness (QED) is 0.794. The van der Waals surface area contributed by atoms with E-state index in [0.717, 1.165) is 0 Å². The summed E-state index contributed by atoms with van der Waals surface area (Å²) in [5.41, 5.74) is 0.662. The summed E-state index contributed by atoms with van der Waals surface area (Å²) in [4.78, 5) is 12.2. The number of hydrogen-bond donors (Lipinski definition) is 2. The van der Waals surface area contributed by atoms with Gasteiger partial charge in [0, 0.05) is 12.1 Å². The van der Waals surface area contributed by atoms with Gasteiger partial charge in [-0.05, 0) is 25.5 Å². The van der Waals surface area contributed by atoms with Crippen LogP contribution in [-0.2, 0) is 14.6 Å². The van der Waals surface area contributed by atoms with E-state index in [1.807, 2.05) is 0 Å². The third-order valence-corrected chi connectivity index (χ3v) is 5.52.